The average Bonchev–Trinajstić information content (AvgIpc) is 2.46. The van der Waals surface area contributed by atoms with Crippen LogP contribution in [0, 0.1) is 12.7 Å². The molecule has 0 unspecified atom stereocenters. The van der Waals surface area contributed by atoms with Crippen LogP contribution in [0.15, 0.2) is 42.5 Å². The third-order valence-electron chi connectivity index (χ3n) is 2.85. The molecule has 1 N–H and O–H groups in total. The summed E-state index contributed by atoms with van der Waals surface area (Å²) < 4.78 is 13.6. The van der Waals surface area contributed by atoms with E-state index in [9.17, 15) is 9.18 Å². The Balaban J connectivity index is 1.82. The molecular weight excluding hydrogens is 309 g/mol. The van der Waals surface area contributed by atoms with Crippen LogP contribution in [0.1, 0.15) is 11.1 Å². The first-order chi connectivity index (χ1) is 10.1. The summed E-state index contributed by atoms with van der Waals surface area (Å²) in [5.74, 6) is 0.162. The summed E-state index contributed by atoms with van der Waals surface area (Å²) in [5, 5.41) is 2.53. The zero-order chi connectivity index (χ0) is 15.2. The monoisotopic (exact) mass is 323 g/mol. The van der Waals surface area contributed by atoms with Gasteiger partial charge in [0, 0.05) is 5.75 Å². The Morgan fingerprint density at radius 2 is 1.95 bits per heavy atom. The first-order valence-electron chi connectivity index (χ1n) is 6.43. The maximum absolute atomic E-state index is 13.6. The van der Waals surface area contributed by atoms with Crippen LogP contribution >= 0.6 is 23.4 Å². The van der Waals surface area contributed by atoms with E-state index in [4.69, 9.17) is 11.6 Å². The summed E-state index contributed by atoms with van der Waals surface area (Å²) in [4.78, 5) is 11.8. The molecule has 0 atom stereocenters. The summed E-state index contributed by atoms with van der Waals surface area (Å²) in [5.41, 5.74) is 2.48. The summed E-state index contributed by atoms with van der Waals surface area (Å²) >= 11 is 7.15. The molecule has 2 nitrogen and oxygen atoms in total. The molecule has 0 spiro atoms. The minimum atomic E-state index is -0.601. The Morgan fingerprint density at radius 1 is 1.24 bits per heavy atom. The number of amides is 1. The number of hydrogen-bond acceptors (Lipinski definition) is 2. The van der Waals surface area contributed by atoms with E-state index in [1.165, 1.54) is 29.5 Å². The molecule has 0 saturated carbocycles. The highest BCUT2D eigenvalue weighted by atomic mass is 35.5. The van der Waals surface area contributed by atoms with Crippen molar-refractivity contribution in [3.05, 3.63) is 64.4 Å². The van der Waals surface area contributed by atoms with Crippen molar-refractivity contribution in [1.29, 1.82) is 0 Å². The molecule has 1 amide bonds. The molecule has 110 valence electrons. The fourth-order valence-electron chi connectivity index (χ4n) is 1.73. The Hall–Kier alpha value is -1.52. The first kappa shape index (κ1) is 15.9. The summed E-state index contributed by atoms with van der Waals surface area (Å²) in [6.07, 6.45) is 0. The lowest BCUT2D eigenvalue weighted by molar-refractivity contribution is -0.113. The molecule has 2 aromatic carbocycles. The van der Waals surface area contributed by atoms with E-state index in [-0.39, 0.29) is 22.4 Å². The molecule has 2 rings (SSSR count). The van der Waals surface area contributed by atoms with Gasteiger partial charge in [-0.1, -0.05) is 47.5 Å². The number of rotatable bonds is 5. The van der Waals surface area contributed by atoms with Crippen molar-refractivity contribution in [3.63, 3.8) is 0 Å². The fraction of sp³-hybridized carbons (Fsp3) is 0.188. The van der Waals surface area contributed by atoms with Crippen LogP contribution in [0.25, 0.3) is 0 Å². The number of halogens is 2. The van der Waals surface area contributed by atoms with Crippen molar-refractivity contribution < 1.29 is 9.18 Å². The molecule has 0 heterocycles. The predicted octanol–water partition coefficient (Wildman–Crippen LogP) is 4.66. The maximum Gasteiger partial charge on any atom is 0.234 e. The lowest BCUT2D eigenvalue weighted by Crippen LogP contribution is -2.15. The maximum atomic E-state index is 13.6. The highest BCUT2D eigenvalue weighted by Crippen LogP contribution is 2.22. The van der Waals surface area contributed by atoms with Crippen LogP contribution in [0.3, 0.4) is 0 Å². The van der Waals surface area contributed by atoms with E-state index in [0.717, 1.165) is 11.3 Å². The van der Waals surface area contributed by atoms with Gasteiger partial charge >= 0.3 is 0 Å². The Labute approximate surface area is 132 Å². The molecular formula is C16H15ClFNOS. The Bertz CT molecular complexity index is 631. The third kappa shape index (κ3) is 4.76. The summed E-state index contributed by atoms with van der Waals surface area (Å²) in [6, 6.07) is 12.7. The number of hydrogen-bond donors (Lipinski definition) is 1. The summed E-state index contributed by atoms with van der Waals surface area (Å²) in [7, 11) is 0. The number of thioether (sulfide) groups is 1. The van der Waals surface area contributed by atoms with Crippen molar-refractivity contribution in [3.8, 4) is 0 Å². The topological polar surface area (TPSA) is 29.1 Å². The highest BCUT2D eigenvalue weighted by Gasteiger charge is 2.09. The van der Waals surface area contributed by atoms with E-state index in [0.29, 0.717) is 0 Å². The molecule has 0 aliphatic heterocycles. The minimum absolute atomic E-state index is 0.000100. The third-order valence-corrected chi connectivity index (χ3v) is 4.14. The number of aryl methyl sites for hydroxylation is 1. The van der Waals surface area contributed by atoms with Crippen LogP contribution in [0.5, 0.6) is 0 Å². The van der Waals surface area contributed by atoms with Gasteiger partial charge in [0.15, 0.2) is 5.82 Å². The molecule has 0 fully saturated rings. The normalized spacial score (nSPS) is 10.4. The van der Waals surface area contributed by atoms with Gasteiger partial charge in [0.2, 0.25) is 5.91 Å². The van der Waals surface area contributed by atoms with E-state index in [1.807, 2.05) is 31.2 Å². The van der Waals surface area contributed by atoms with Gasteiger partial charge in [0.1, 0.15) is 0 Å². The predicted molar refractivity (Wildman–Crippen MR) is 87.4 cm³/mol. The molecule has 0 bridgehead atoms. The molecule has 0 saturated heterocycles. The van der Waals surface area contributed by atoms with Crippen LogP contribution in [-0.4, -0.2) is 11.7 Å². The number of carbonyl (C=O) groups is 1. The van der Waals surface area contributed by atoms with Gasteiger partial charge < -0.3 is 5.32 Å². The molecule has 0 aromatic heterocycles. The average molecular weight is 324 g/mol. The summed E-state index contributed by atoms with van der Waals surface area (Å²) in [6.45, 7) is 2.03. The SMILES string of the molecule is Cc1ccc(CSCC(=O)Nc2cccc(Cl)c2F)cc1. The van der Waals surface area contributed by atoms with Gasteiger partial charge in [-0.05, 0) is 24.6 Å². The second-order valence-corrected chi connectivity index (χ2v) is 6.02. The van der Waals surface area contributed by atoms with Crippen LogP contribution in [0.2, 0.25) is 5.02 Å². The minimum Gasteiger partial charge on any atom is -0.323 e. The van der Waals surface area contributed by atoms with Gasteiger partial charge in [-0.3, -0.25) is 4.79 Å². The number of anilines is 1. The van der Waals surface area contributed by atoms with Gasteiger partial charge in [0.05, 0.1) is 16.5 Å². The number of carbonyl (C=O) groups excluding carboxylic acids is 1. The van der Waals surface area contributed by atoms with E-state index >= 15 is 0 Å². The van der Waals surface area contributed by atoms with E-state index < -0.39 is 5.82 Å². The van der Waals surface area contributed by atoms with Gasteiger partial charge in [-0.25, -0.2) is 4.39 Å². The molecule has 21 heavy (non-hydrogen) atoms. The van der Waals surface area contributed by atoms with Gasteiger partial charge in [-0.2, -0.15) is 0 Å². The zero-order valence-corrected chi connectivity index (χ0v) is 13.1. The van der Waals surface area contributed by atoms with Crippen LogP contribution in [-0.2, 0) is 10.5 Å². The lowest BCUT2D eigenvalue weighted by atomic mass is 10.2. The smallest absolute Gasteiger partial charge is 0.234 e. The molecule has 0 aliphatic carbocycles. The van der Waals surface area contributed by atoms with Crippen molar-refractivity contribution in [2.24, 2.45) is 0 Å². The first-order valence-corrected chi connectivity index (χ1v) is 7.96. The number of benzene rings is 2. The molecule has 5 heteroatoms. The highest BCUT2D eigenvalue weighted by molar-refractivity contribution is 7.99. The van der Waals surface area contributed by atoms with Crippen LogP contribution < -0.4 is 5.32 Å². The Morgan fingerprint density at radius 3 is 2.67 bits per heavy atom. The van der Waals surface area contributed by atoms with E-state index in [2.05, 4.69) is 5.32 Å². The van der Waals surface area contributed by atoms with Crippen molar-refractivity contribution in [2.45, 2.75) is 12.7 Å². The second kappa shape index (κ2) is 7.48. The number of nitrogens with one attached hydrogen (secondary N) is 1. The molecule has 0 aliphatic rings. The quantitative estimate of drug-likeness (QED) is 0.867. The standard InChI is InChI=1S/C16H15ClFNOS/c1-11-5-7-12(8-6-11)9-21-10-15(20)19-14-4-2-3-13(17)16(14)18/h2-8H,9-10H2,1H3,(H,19,20). The lowest BCUT2D eigenvalue weighted by Gasteiger charge is -2.07. The zero-order valence-electron chi connectivity index (χ0n) is 11.5. The van der Waals surface area contributed by atoms with E-state index in [1.54, 1.807) is 6.07 Å². The largest absolute Gasteiger partial charge is 0.323 e. The van der Waals surface area contributed by atoms with Gasteiger partial charge in [0.25, 0.3) is 0 Å². The van der Waals surface area contributed by atoms with Crippen molar-refractivity contribution in [1.82, 2.24) is 0 Å². The Kier molecular flexibility index (Phi) is 5.65. The molecule has 0 radical (unpaired) electrons. The second-order valence-electron chi connectivity index (χ2n) is 4.63. The van der Waals surface area contributed by atoms with Crippen LogP contribution in [0.4, 0.5) is 10.1 Å². The van der Waals surface area contributed by atoms with Crippen molar-refractivity contribution in [2.75, 3.05) is 11.1 Å². The fourth-order valence-corrected chi connectivity index (χ4v) is 2.69. The van der Waals surface area contributed by atoms with Gasteiger partial charge in [-0.15, -0.1) is 11.8 Å². The molecule has 2 aromatic rings. The van der Waals surface area contributed by atoms with Crippen molar-refractivity contribution >= 4 is 35.0 Å².